The van der Waals surface area contributed by atoms with Crippen LogP contribution in [-0.2, 0) is 16.1 Å². The molecular weight excluding hydrogens is 308 g/mol. The fraction of sp³-hybridized carbons (Fsp3) is 0.722. The maximum Gasteiger partial charge on any atom is 0.225 e. The quantitative estimate of drug-likeness (QED) is 0.851. The minimum absolute atomic E-state index is 0.141. The van der Waals surface area contributed by atoms with E-state index < -0.39 is 0 Å². The topological polar surface area (TPSA) is 32.8 Å². The lowest BCUT2D eigenvalue weighted by Crippen LogP contribution is -2.44. The van der Waals surface area contributed by atoms with Crippen LogP contribution in [0.4, 0.5) is 0 Å². The lowest BCUT2D eigenvalue weighted by Gasteiger charge is -2.37. The van der Waals surface area contributed by atoms with Crippen LogP contribution in [0.5, 0.6) is 0 Å². The normalized spacial score (nSPS) is 26.0. The molecule has 3 heterocycles. The van der Waals surface area contributed by atoms with Crippen molar-refractivity contribution in [2.45, 2.75) is 45.3 Å². The van der Waals surface area contributed by atoms with Crippen molar-refractivity contribution in [1.29, 1.82) is 0 Å². The van der Waals surface area contributed by atoms with E-state index in [1.165, 1.54) is 4.88 Å². The molecule has 128 valence electrons. The average molecular weight is 337 g/mol. The Labute approximate surface area is 143 Å². The van der Waals surface area contributed by atoms with Crippen LogP contribution in [0.2, 0.25) is 0 Å². The molecule has 0 spiro atoms. The van der Waals surface area contributed by atoms with Gasteiger partial charge in [-0.1, -0.05) is 6.07 Å². The van der Waals surface area contributed by atoms with Crippen LogP contribution in [0, 0.1) is 5.92 Å². The molecule has 0 bridgehead atoms. The van der Waals surface area contributed by atoms with Gasteiger partial charge in [-0.05, 0) is 44.6 Å². The zero-order valence-electron chi connectivity index (χ0n) is 14.3. The van der Waals surface area contributed by atoms with Crippen LogP contribution < -0.4 is 0 Å². The third-order valence-electron chi connectivity index (χ3n) is 4.91. The molecule has 0 radical (unpaired) electrons. The molecule has 1 aromatic rings. The van der Waals surface area contributed by atoms with Gasteiger partial charge in [0.05, 0.1) is 5.60 Å². The maximum absolute atomic E-state index is 12.9. The zero-order chi connectivity index (χ0) is 16.3. The summed E-state index contributed by atoms with van der Waals surface area (Å²) in [5.74, 6) is 0.488. The summed E-state index contributed by atoms with van der Waals surface area (Å²) in [6.45, 7) is 9.75. The summed E-state index contributed by atoms with van der Waals surface area (Å²) in [7, 11) is 0. The SMILES string of the molecule is CC1(C)C[C@@H](C(=O)N2CCCN(Cc3cccs3)CC2)CCO1. The molecular formula is C18H28N2O2S. The number of rotatable bonds is 3. The number of nitrogens with zero attached hydrogens (tertiary/aromatic N) is 2. The molecule has 23 heavy (non-hydrogen) atoms. The first-order chi connectivity index (χ1) is 11.0. The van der Waals surface area contributed by atoms with Gasteiger partial charge in [-0.15, -0.1) is 11.3 Å². The van der Waals surface area contributed by atoms with E-state index in [-0.39, 0.29) is 11.5 Å². The summed E-state index contributed by atoms with van der Waals surface area (Å²) in [5, 5.41) is 2.13. The molecule has 1 atom stereocenters. The lowest BCUT2D eigenvalue weighted by molar-refractivity contribution is -0.145. The highest BCUT2D eigenvalue weighted by molar-refractivity contribution is 7.09. The molecule has 3 rings (SSSR count). The van der Waals surface area contributed by atoms with Crippen molar-refractivity contribution >= 4 is 17.2 Å². The first kappa shape index (κ1) is 16.9. The van der Waals surface area contributed by atoms with Gasteiger partial charge >= 0.3 is 0 Å². The molecule has 0 N–H and O–H groups in total. The van der Waals surface area contributed by atoms with Gasteiger partial charge < -0.3 is 9.64 Å². The number of ether oxygens (including phenoxy) is 1. The van der Waals surface area contributed by atoms with E-state index in [1.54, 1.807) is 0 Å². The molecule has 0 aliphatic carbocycles. The predicted octanol–water partition coefficient (Wildman–Crippen LogP) is 2.99. The van der Waals surface area contributed by atoms with E-state index >= 15 is 0 Å². The molecule has 0 aromatic carbocycles. The highest BCUT2D eigenvalue weighted by Gasteiger charge is 2.35. The van der Waals surface area contributed by atoms with Gasteiger partial charge in [-0.25, -0.2) is 0 Å². The van der Waals surface area contributed by atoms with E-state index in [2.05, 4.69) is 41.2 Å². The second kappa shape index (κ2) is 7.32. The Hall–Kier alpha value is -0.910. The molecule has 5 heteroatoms. The first-order valence-corrected chi connectivity index (χ1v) is 9.59. The molecule has 4 nitrogen and oxygen atoms in total. The van der Waals surface area contributed by atoms with E-state index in [9.17, 15) is 4.79 Å². The number of thiophene rings is 1. The van der Waals surface area contributed by atoms with Crippen LogP contribution in [0.15, 0.2) is 17.5 Å². The number of carbonyl (C=O) groups excluding carboxylic acids is 1. The molecule has 2 fully saturated rings. The fourth-order valence-electron chi connectivity index (χ4n) is 3.67. The third-order valence-corrected chi connectivity index (χ3v) is 5.77. The van der Waals surface area contributed by atoms with E-state index in [0.29, 0.717) is 12.5 Å². The highest BCUT2D eigenvalue weighted by atomic mass is 32.1. The summed E-state index contributed by atoms with van der Waals surface area (Å²) in [6.07, 6.45) is 2.79. The third kappa shape index (κ3) is 4.55. The van der Waals surface area contributed by atoms with Gasteiger partial charge in [0, 0.05) is 50.1 Å². The van der Waals surface area contributed by atoms with Crippen molar-refractivity contribution in [3.8, 4) is 0 Å². The van der Waals surface area contributed by atoms with Crippen molar-refractivity contribution in [3.05, 3.63) is 22.4 Å². The summed E-state index contributed by atoms with van der Waals surface area (Å²) in [5.41, 5.74) is -0.157. The van der Waals surface area contributed by atoms with Crippen LogP contribution in [0.25, 0.3) is 0 Å². The molecule has 0 saturated carbocycles. The fourth-order valence-corrected chi connectivity index (χ4v) is 4.42. The maximum atomic E-state index is 12.9. The summed E-state index contributed by atoms with van der Waals surface area (Å²) in [6, 6.07) is 4.31. The summed E-state index contributed by atoms with van der Waals surface area (Å²) >= 11 is 1.82. The second-order valence-corrected chi connectivity index (χ2v) is 8.36. The number of hydrogen-bond acceptors (Lipinski definition) is 4. The number of amides is 1. The minimum atomic E-state index is -0.157. The summed E-state index contributed by atoms with van der Waals surface area (Å²) in [4.78, 5) is 18.9. The Morgan fingerprint density at radius 1 is 1.35 bits per heavy atom. The largest absolute Gasteiger partial charge is 0.376 e. The van der Waals surface area contributed by atoms with Crippen LogP contribution in [0.1, 0.15) is 38.0 Å². The zero-order valence-corrected chi connectivity index (χ0v) is 15.1. The smallest absolute Gasteiger partial charge is 0.225 e. The summed E-state index contributed by atoms with van der Waals surface area (Å²) < 4.78 is 5.76. The van der Waals surface area contributed by atoms with Crippen molar-refractivity contribution in [3.63, 3.8) is 0 Å². The number of hydrogen-bond donors (Lipinski definition) is 0. The number of carbonyl (C=O) groups is 1. The van der Waals surface area contributed by atoms with Crippen molar-refractivity contribution < 1.29 is 9.53 Å². The van der Waals surface area contributed by atoms with Crippen LogP contribution in [0.3, 0.4) is 0 Å². The molecule has 2 aliphatic rings. The van der Waals surface area contributed by atoms with Crippen molar-refractivity contribution in [2.75, 3.05) is 32.8 Å². The molecule has 1 aromatic heterocycles. The molecule has 0 unspecified atom stereocenters. The van der Waals surface area contributed by atoms with Crippen LogP contribution in [-0.4, -0.2) is 54.1 Å². The highest BCUT2D eigenvalue weighted by Crippen LogP contribution is 2.30. The lowest BCUT2D eigenvalue weighted by atomic mass is 9.87. The molecule has 2 aliphatic heterocycles. The van der Waals surface area contributed by atoms with Gasteiger partial charge in [0.15, 0.2) is 0 Å². The minimum Gasteiger partial charge on any atom is -0.376 e. The van der Waals surface area contributed by atoms with Gasteiger partial charge in [0.2, 0.25) is 5.91 Å². The Bertz CT molecular complexity index is 515. The second-order valence-electron chi connectivity index (χ2n) is 7.33. The van der Waals surface area contributed by atoms with Gasteiger partial charge in [0.1, 0.15) is 0 Å². The van der Waals surface area contributed by atoms with Crippen molar-refractivity contribution in [2.24, 2.45) is 5.92 Å². The average Bonchev–Trinajstić information content (AvgIpc) is 2.90. The van der Waals surface area contributed by atoms with Crippen molar-refractivity contribution in [1.82, 2.24) is 9.80 Å². The predicted molar refractivity (Wildman–Crippen MR) is 93.5 cm³/mol. The monoisotopic (exact) mass is 336 g/mol. The van der Waals surface area contributed by atoms with E-state index in [1.807, 2.05) is 11.3 Å². The van der Waals surface area contributed by atoms with Gasteiger partial charge in [-0.2, -0.15) is 0 Å². The van der Waals surface area contributed by atoms with E-state index in [0.717, 1.165) is 52.0 Å². The molecule has 2 saturated heterocycles. The van der Waals surface area contributed by atoms with Gasteiger partial charge in [-0.3, -0.25) is 9.69 Å². The van der Waals surface area contributed by atoms with Gasteiger partial charge in [0.25, 0.3) is 0 Å². The Balaban J connectivity index is 1.54. The van der Waals surface area contributed by atoms with Crippen LogP contribution >= 0.6 is 11.3 Å². The molecule has 1 amide bonds. The van der Waals surface area contributed by atoms with E-state index in [4.69, 9.17) is 4.74 Å². The first-order valence-electron chi connectivity index (χ1n) is 8.71. The standard InChI is InChI=1S/C18H28N2O2S/c1-18(2)13-15(6-11-22-18)17(21)20-8-4-7-19(9-10-20)14-16-5-3-12-23-16/h3,5,12,15H,4,6-11,13-14H2,1-2H3/t15-/m0/s1. The Kier molecular flexibility index (Phi) is 5.39. The Morgan fingerprint density at radius 3 is 2.96 bits per heavy atom. The Morgan fingerprint density at radius 2 is 2.22 bits per heavy atom.